The standard InChI is InChI=1S/C51H38N2/c1-51(2)45-27-12-9-25-44(45)50-43(26-16-28-46(50)51)41-24-11-13-29-47(41)52(37-18-5-3-6-19-37)39-22-15-17-35(33-39)36-31-32-42-40-23-10-14-30-48(40)53(49(42)34-36)38-20-7-4-8-21-38/h3-34H,1-2H3. The molecule has 0 bridgehead atoms. The van der Waals surface area contributed by atoms with E-state index in [1.54, 1.807) is 0 Å². The number of para-hydroxylation sites is 4. The summed E-state index contributed by atoms with van der Waals surface area (Å²) in [5.41, 5.74) is 17.1. The predicted octanol–water partition coefficient (Wildman–Crippen LogP) is 13.9. The van der Waals surface area contributed by atoms with Crippen molar-refractivity contribution in [2.24, 2.45) is 0 Å². The van der Waals surface area contributed by atoms with Crippen molar-refractivity contribution >= 4 is 38.9 Å². The molecule has 2 heteroatoms. The van der Waals surface area contributed by atoms with Gasteiger partial charge >= 0.3 is 0 Å². The fourth-order valence-electron chi connectivity index (χ4n) is 8.71. The zero-order valence-electron chi connectivity index (χ0n) is 29.9. The van der Waals surface area contributed by atoms with Gasteiger partial charge in [-0.05, 0) is 93.5 Å². The van der Waals surface area contributed by atoms with Gasteiger partial charge in [-0.3, -0.25) is 0 Å². The highest BCUT2D eigenvalue weighted by Crippen LogP contribution is 2.53. The van der Waals surface area contributed by atoms with Crippen molar-refractivity contribution in [3.8, 4) is 39.1 Å². The Labute approximate surface area is 310 Å². The molecular weight excluding hydrogens is 641 g/mol. The lowest BCUT2D eigenvalue weighted by Crippen LogP contribution is -2.14. The molecule has 53 heavy (non-hydrogen) atoms. The zero-order valence-corrected chi connectivity index (χ0v) is 29.9. The Bertz CT molecular complexity index is 2810. The summed E-state index contributed by atoms with van der Waals surface area (Å²) in [7, 11) is 0. The summed E-state index contributed by atoms with van der Waals surface area (Å²) in [6.45, 7) is 4.71. The highest BCUT2D eigenvalue weighted by Gasteiger charge is 2.37. The van der Waals surface area contributed by atoms with E-state index in [0.717, 1.165) is 22.7 Å². The maximum absolute atomic E-state index is 2.42. The number of hydrogen-bond donors (Lipinski definition) is 0. The van der Waals surface area contributed by atoms with Crippen LogP contribution in [0.15, 0.2) is 194 Å². The predicted molar refractivity (Wildman–Crippen MR) is 224 cm³/mol. The SMILES string of the molecule is CC1(C)c2ccccc2-c2c(-c3ccccc3N(c3ccccc3)c3cccc(-c4ccc5c6ccccc6n(-c6ccccc6)c5c4)c3)cccc21. The molecule has 8 aromatic carbocycles. The van der Waals surface area contributed by atoms with E-state index in [0.29, 0.717) is 0 Å². The van der Waals surface area contributed by atoms with E-state index in [1.807, 2.05) is 0 Å². The third kappa shape index (κ3) is 4.94. The number of rotatable bonds is 6. The number of anilines is 3. The molecule has 0 saturated heterocycles. The monoisotopic (exact) mass is 678 g/mol. The average Bonchev–Trinajstić information content (AvgIpc) is 3.67. The van der Waals surface area contributed by atoms with Crippen LogP contribution in [0.1, 0.15) is 25.0 Å². The first kappa shape index (κ1) is 31.1. The van der Waals surface area contributed by atoms with E-state index in [-0.39, 0.29) is 5.41 Å². The fourth-order valence-corrected chi connectivity index (χ4v) is 8.71. The Balaban J connectivity index is 1.15. The van der Waals surface area contributed by atoms with Crippen LogP contribution in [-0.2, 0) is 5.41 Å². The van der Waals surface area contributed by atoms with E-state index in [9.17, 15) is 0 Å². The van der Waals surface area contributed by atoms with Crippen molar-refractivity contribution in [2.75, 3.05) is 4.90 Å². The molecule has 0 radical (unpaired) electrons. The highest BCUT2D eigenvalue weighted by atomic mass is 15.1. The van der Waals surface area contributed by atoms with Gasteiger partial charge in [0, 0.05) is 38.8 Å². The lowest BCUT2D eigenvalue weighted by Gasteiger charge is -2.29. The minimum atomic E-state index is -0.0718. The summed E-state index contributed by atoms with van der Waals surface area (Å²) in [5.74, 6) is 0. The van der Waals surface area contributed by atoms with Gasteiger partial charge in [0.15, 0.2) is 0 Å². The first-order valence-electron chi connectivity index (χ1n) is 18.4. The van der Waals surface area contributed by atoms with Gasteiger partial charge in [0.2, 0.25) is 0 Å². The van der Waals surface area contributed by atoms with E-state index in [4.69, 9.17) is 0 Å². The molecule has 0 unspecified atom stereocenters. The maximum Gasteiger partial charge on any atom is 0.0547 e. The normalized spacial score (nSPS) is 12.9. The third-order valence-corrected chi connectivity index (χ3v) is 11.2. The average molecular weight is 679 g/mol. The molecule has 0 spiro atoms. The number of aromatic nitrogens is 1. The first-order valence-corrected chi connectivity index (χ1v) is 18.4. The van der Waals surface area contributed by atoms with Crippen molar-refractivity contribution in [3.05, 3.63) is 205 Å². The van der Waals surface area contributed by atoms with Crippen LogP contribution in [0.4, 0.5) is 17.1 Å². The van der Waals surface area contributed by atoms with Crippen LogP contribution in [-0.4, -0.2) is 4.57 Å². The molecule has 9 aromatic rings. The van der Waals surface area contributed by atoms with Crippen LogP contribution in [0, 0.1) is 0 Å². The Morgan fingerprint density at radius 3 is 1.87 bits per heavy atom. The van der Waals surface area contributed by atoms with Crippen LogP contribution in [0.2, 0.25) is 0 Å². The van der Waals surface area contributed by atoms with Crippen LogP contribution >= 0.6 is 0 Å². The smallest absolute Gasteiger partial charge is 0.0547 e. The molecule has 252 valence electrons. The molecule has 0 fully saturated rings. The second-order valence-corrected chi connectivity index (χ2v) is 14.6. The molecule has 0 amide bonds. The molecule has 2 nitrogen and oxygen atoms in total. The highest BCUT2D eigenvalue weighted by molar-refractivity contribution is 6.10. The van der Waals surface area contributed by atoms with Gasteiger partial charge < -0.3 is 9.47 Å². The van der Waals surface area contributed by atoms with Crippen molar-refractivity contribution in [1.82, 2.24) is 4.57 Å². The molecule has 1 heterocycles. The zero-order chi connectivity index (χ0) is 35.5. The fraction of sp³-hybridized carbons (Fsp3) is 0.0588. The molecular formula is C51H38N2. The van der Waals surface area contributed by atoms with Crippen molar-refractivity contribution in [2.45, 2.75) is 19.3 Å². The van der Waals surface area contributed by atoms with Crippen LogP contribution < -0.4 is 4.90 Å². The summed E-state index contributed by atoms with van der Waals surface area (Å²) in [6.07, 6.45) is 0. The van der Waals surface area contributed by atoms with E-state index < -0.39 is 0 Å². The second kappa shape index (κ2) is 12.3. The Morgan fingerprint density at radius 1 is 0.415 bits per heavy atom. The Hall–Kier alpha value is -6.64. The molecule has 0 aliphatic heterocycles. The second-order valence-electron chi connectivity index (χ2n) is 14.6. The van der Waals surface area contributed by atoms with Gasteiger partial charge in [0.05, 0.1) is 16.7 Å². The van der Waals surface area contributed by atoms with E-state index >= 15 is 0 Å². The van der Waals surface area contributed by atoms with Gasteiger partial charge in [0.1, 0.15) is 0 Å². The third-order valence-electron chi connectivity index (χ3n) is 11.2. The van der Waals surface area contributed by atoms with Crippen LogP contribution in [0.5, 0.6) is 0 Å². The molecule has 1 aliphatic rings. The number of benzene rings is 8. The topological polar surface area (TPSA) is 8.17 Å². The van der Waals surface area contributed by atoms with Crippen molar-refractivity contribution < 1.29 is 0 Å². The van der Waals surface area contributed by atoms with Crippen molar-refractivity contribution in [3.63, 3.8) is 0 Å². The van der Waals surface area contributed by atoms with Gasteiger partial charge in [0.25, 0.3) is 0 Å². The Morgan fingerprint density at radius 2 is 1.02 bits per heavy atom. The summed E-state index contributed by atoms with van der Waals surface area (Å²) in [4.78, 5) is 2.42. The molecule has 10 rings (SSSR count). The summed E-state index contributed by atoms with van der Waals surface area (Å²) < 4.78 is 2.39. The van der Waals surface area contributed by atoms with Crippen LogP contribution in [0.3, 0.4) is 0 Å². The maximum atomic E-state index is 2.42. The van der Waals surface area contributed by atoms with Gasteiger partial charge in [-0.1, -0.05) is 153 Å². The Kier molecular flexibility index (Phi) is 7.19. The largest absolute Gasteiger partial charge is 0.310 e. The minimum absolute atomic E-state index is 0.0718. The quantitative estimate of drug-likeness (QED) is 0.170. The van der Waals surface area contributed by atoms with Gasteiger partial charge in [-0.2, -0.15) is 0 Å². The number of nitrogens with zero attached hydrogens (tertiary/aromatic N) is 2. The lowest BCUT2D eigenvalue weighted by molar-refractivity contribution is 0.660. The van der Waals surface area contributed by atoms with Gasteiger partial charge in [-0.15, -0.1) is 0 Å². The van der Waals surface area contributed by atoms with Crippen molar-refractivity contribution in [1.29, 1.82) is 0 Å². The van der Waals surface area contributed by atoms with Gasteiger partial charge in [-0.25, -0.2) is 0 Å². The summed E-state index contributed by atoms with van der Waals surface area (Å²) in [5, 5.41) is 2.52. The van der Waals surface area contributed by atoms with Crippen LogP contribution in [0.25, 0.3) is 60.9 Å². The molecule has 0 atom stereocenters. The van der Waals surface area contributed by atoms with E-state index in [1.165, 1.54) is 66.3 Å². The number of fused-ring (bicyclic) bond motifs is 6. The van der Waals surface area contributed by atoms with E-state index in [2.05, 4.69) is 217 Å². The minimum Gasteiger partial charge on any atom is -0.310 e. The first-order chi connectivity index (χ1) is 26.1. The summed E-state index contributed by atoms with van der Waals surface area (Å²) in [6, 6.07) is 70.8. The number of hydrogen-bond acceptors (Lipinski definition) is 1. The molecule has 0 saturated carbocycles. The molecule has 1 aromatic heterocycles. The molecule has 1 aliphatic carbocycles. The summed E-state index contributed by atoms with van der Waals surface area (Å²) >= 11 is 0. The lowest BCUT2D eigenvalue weighted by atomic mass is 9.82. The molecule has 0 N–H and O–H groups in total.